The number of likely N-dealkylation sites (tertiary alicyclic amines) is 1. The molecule has 1 saturated heterocycles. The maximum absolute atomic E-state index is 11.8. The van der Waals surface area contributed by atoms with Crippen molar-refractivity contribution in [3.05, 3.63) is 36.9 Å². The summed E-state index contributed by atoms with van der Waals surface area (Å²) >= 11 is 0. The number of primary amides is 1. The van der Waals surface area contributed by atoms with Crippen LogP contribution in [0.4, 0.5) is 17.3 Å². The van der Waals surface area contributed by atoms with Crippen molar-refractivity contribution in [2.45, 2.75) is 12.5 Å². The van der Waals surface area contributed by atoms with E-state index in [0.29, 0.717) is 24.6 Å². The lowest BCUT2D eigenvalue weighted by Crippen LogP contribution is -2.36. The molecule has 1 fully saturated rings. The molecule has 0 saturated carbocycles. The smallest absolute Gasteiger partial charge is 0.271 e. The Morgan fingerprint density at radius 3 is 2.85 bits per heavy atom. The van der Waals surface area contributed by atoms with Gasteiger partial charge in [0.05, 0.1) is 18.1 Å². The van der Waals surface area contributed by atoms with Gasteiger partial charge in [0.25, 0.3) is 5.91 Å². The zero-order valence-corrected chi connectivity index (χ0v) is 15.3. The molecule has 10 nitrogen and oxygen atoms in total. The topological polar surface area (TPSA) is 122 Å². The van der Waals surface area contributed by atoms with Gasteiger partial charge < -0.3 is 20.9 Å². The molecule has 27 heavy (non-hydrogen) atoms. The number of hydrogen-bond acceptors (Lipinski definition) is 7. The van der Waals surface area contributed by atoms with Gasteiger partial charge >= 0.3 is 0 Å². The molecule has 0 spiro atoms. The van der Waals surface area contributed by atoms with Crippen LogP contribution in [0.3, 0.4) is 0 Å². The number of nitrogens with one attached hydrogen (secondary N) is 1. The SMILES string of the molecule is C=CC(=O)N1CC[C@@H](N(C)c2cnc(C(N)=O)c(Nc3cnn(C)c3)n2)C1. The Balaban J connectivity index is 1.83. The highest BCUT2D eigenvalue weighted by Crippen LogP contribution is 2.24. The van der Waals surface area contributed by atoms with Gasteiger partial charge in [0, 0.05) is 39.4 Å². The van der Waals surface area contributed by atoms with Crippen LogP contribution in [0, 0.1) is 0 Å². The van der Waals surface area contributed by atoms with Gasteiger partial charge in [0.1, 0.15) is 5.82 Å². The first-order valence-electron chi connectivity index (χ1n) is 8.45. The lowest BCUT2D eigenvalue weighted by Gasteiger charge is -2.26. The van der Waals surface area contributed by atoms with Gasteiger partial charge in [-0.15, -0.1) is 0 Å². The summed E-state index contributed by atoms with van der Waals surface area (Å²) in [5, 5.41) is 7.11. The lowest BCUT2D eigenvalue weighted by atomic mass is 10.2. The molecule has 0 radical (unpaired) electrons. The molecule has 142 valence electrons. The Kier molecular flexibility index (Phi) is 5.06. The summed E-state index contributed by atoms with van der Waals surface area (Å²) in [5.41, 5.74) is 6.13. The van der Waals surface area contributed by atoms with Crippen LogP contribution in [0.2, 0.25) is 0 Å². The molecule has 3 N–H and O–H groups in total. The fraction of sp³-hybridized carbons (Fsp3) is 0.353. The van der Waals surface area contributed by atoms with E-state index in [0.717, 1.165) is 6.42 Å². The number of nitrogens with zero attached hydrogens (tertiary/aromatic N) is 6. The largest absolute Gasteiger partial charge is 0.364 e. The van der Waals surface area contributed by atoms with Crippen molar-refractivity contribution >= 4 is 29.1 Å². The molecule has 2 amide bonds. The van der Waals surface area contributed by atoms with Gasteiger partial charge in [-0.3, -0.25) is 14.3 Å². The molecule has 0 aliphatic carbocycles. The predicted octanol–water partition coefficient (Wildman–Crippen LogP) is 0.276. The van der Waals surface area contributed by atoms with Crippen LogP contribution in [0.25, 0.3) is 0 Å². The van der Waals surface area contributed by atoms with E-state index >= 15 is 0 Å². The number of aromatic nitrogens is 4. The quantitative estimate of drug-likeness (QED) is 0.700. The van der Waals surface area contributed by atoms with E-state index in [-0.39, 0.29) is 23.5 Å². The molecular formula is C17H22N8O2. The van der Waals surface area contributed by atoms with E-state index in [1.54, 1.807) is 29.0 Å². The van der Waals surface area contributed by atoms with Crippen molar-refractivity contribution in [3.63, 3.8) is 0 Å². The van der Waals surface area contributed by atoms with Crippen LogP contribution in [-0.4, -0.2) is 62.6 Å². The average Bonchev–Trinajstić information content (AvgIpc) is 3.29. The predicted molar refractivity (Wildman–Crippen MR) is 101 cm³/mol. The monoisotopic (exact) mass is 370 g/mol. The maximum Gasteiger partial charge on any atom is 0.271 e. The van der Waals surface area contributed by atoms with E-state index in [1.807, 2.05) is 11.9 Å². The summed E-state index contributed by atoms with van der Waals surface area (Å²) in [6.07, 6.45) is 6.99. The molecule has 1 aliphatic rings. The summed E-state index contributed by atoms with van der Waals surface area (Å²) in [6.45, 7) is 4.76. The van der Waals surface area contributed by atoms with Crippen molar-refractivity contribution < 1.29 is 9.59 Å². The highest BCUT2D eigenvalue weighted by molar-refractivity contribution is 5.96. The third-order valence-corrected chi connectivity index (χ3v) is 4.52. The van der Waals surface area contributed by atoms with Crippen molar-refractivity contribution in [1.82, 2.24) is 24.6 Å². The molecule has 2 aromatic rings. The van der Waals surface area contributed by atoms with Gasteiger partial charge in [0.15, 0.2) is 11.5 Å². The average molecular weight is 370 g/mol. The van der Waals surface area contributed by atoms with Gasteiger partial charge in [-0.1, -0.05) is 6.58 Å². The molecule has 0 bridgehead atoms. The van der Waals surface area contributed by atoms with Gasteiger partial charge in [-0.25, -0.2) is 9.97 Å². The van der Waals surface area contributed by atoms with Gasteiger partial charge in [-0.2, -0.15) is 5.10 Å². The molecule has 3 rings (SSSR count). The maximum atomic E-state index is 11.8. The molecule has 3 heterocycles. The Hall–Kier alpha value is -3.43. The number of likely N-dealkylation sites (N-methyl/N-ethyl adjacent to an activating group) is 1. The molecule has 10 heteroatoms. The zero-order chi connectivity index (χ0) is 19.6. The summed E-state index contributed by atoms with van der Waals surface area (Å²) in [5.74, 6) is 0.0767. The fourth-order valence-corrected chi connectivity index (χ4v) is 3.01. The summed E-state index contributed by atoms with van der Waals surface area (Å²) < 4.78 is 1.62. The van der Waals surface area contributed by atoms with Crippen molar-refractivity contribution in [1.29, 1.82) is 0 Å². The highest BCUT2D eigenvalue weighted by Gasteiger charge is 2.29. The van der Waals surface area contributed by atoms with E-state index < -0.39 is 5.91 Å². The van der Waals surface area contributed by atoms with E-state index in [9.17, 15) is 9.59 Å². The number of aryl methyl sites for hydroxylation is 1. The lowest BCUT2D eigenvalue weighted by molar-refractivity contribution is -0.125. The molecule has 0 aromatic carbocycles. The first kappa shape index (κ1) is 18.4. The Bertz CT molecular complexity index is 878. The minimum atomic E-state index is -0.674. The second kappa shape index (κ2) is 7.44. The van der Waals surface area contributed by atoms with Crippen LogP contribution in [0.15, 0.2) is 31.2 Å². The zero-order valence-electron chi connectivity index (χ0n) is 15.3. The van der Waals surface area contributed by atoms with Crippen molar-refractivity contribution in [3.8, 4) is 0 Å². The van der Waals surface area contributed by atoms with Crippen molar-refractivity contribution in [2.75, 3.05) is 30.4 Å². The molecule has 1 atom stereocenters. The Morgan fingerprint density at radius 2 is 2.22 bits per heavy atom. The third-order valence-electron chi connectivity index (χ3n) is 4.52. The fourth-order valence-electron chi connectivity index (χ4n) is 3.01. The van der Waals surface area contributed by atoms with E-state index in [1.165, 1.54) is 12.3 Å². The van der Waals surface area contributed by atoms with Crippen molar-refractivity contribution in [2.24, 2.45) is 12.8 Å². The van der Waals surface area contributed by atoms with Crippen LogP contribution in [-0.2, 0) is 11.8 Å². The minimum Gasteiger partial charge on any atom is -0.364 e. The van der Waals surface area contributed by atoms with Crippen LogP contribution in [0.1, 0.15) is 16.9 Å². The number of anilines is 3. The number of carbonyl (C=O) groups excluding carboxylic acids is 2. The molecular weight excluding hydrogens is 348 g/mol. The minimum absolute atomic E-state index is 0.0471. The van der Waals surface area contributed by atoms with Gasteiger partial charge in [-0.05, 0) is 12.5 Å². The van der Waals surface area contributed by atoms with Crippen LogP contribution < -0.4 is 16.0 Å². The number of rotatable bonds is 6. The third kappa shape index (κ3) is 3.89. The number of nitrogens with two attached hydrogens (primary N) is 1. The summed E-state index contributed by atoms with van der Waals surface area (Å²) in [7, 11) is 3.67. The number of amides is 2. The van der Waals surface area contributed by atoms with Crippen LogP contribution in [0.5, 0.6) is 0 Å². The van der Waals surface area contributed by atoms with Gasteiger partial charge in [0.2, 0.25) is 5.91 Å². The summed E-state index contributed by atoms with van der Waals surface area (Å²) in [4.78, 5) is 35.9. The highest BCUT2D eigenvalue weighted by atomic mass is 16.2. The Labute approximate surface area is 156 Å². The first-order valence-corrected chi connectivity index (χ1v) is 8.45. The van der Waals surface area contributed by atoms with Crippen LogP contribution >= 0.6 is 0 Å². The normalized spacial score (nSPS) is 16.2. The molecule has 1 aliphatic heterocycles. The number of hydrogen-bond donors (Lipinski definition) is 2. The second-order valence-electron chi connectivity index (χ2n) is 6.36. The molecule has 2 aromatic heterocycles. The van der Waals surface area contributed by atoms with E-state index in [4.69, 9.17) is 5.73 Å². The Morgan fingerprint density at radius 1 is 1.44 bits per heavy atom. The summed E-state index contributed by atoms with van der Waals surface area (Å²) in [6, 6.07) is 0.0915. The second-order valence-corrected chi connectivity index (χ2v) is 6.36. The van der Waals surface area contributed by atoms with E-state index in [2.05, 4.69) is 27.0 Å². The first-order chi connectivity index (χ1) is 12.9. The molecule has 0 unspecified atom stereocenters. The number of carbonyl (C=O) groups is 2. The standard InChI is InChI=1S/C17H22N8O2/c1-4-14(26)25-6-5-12(10-25)24(3)13-8-19-15(16(18)27)17(22-13)21-11-7-20-23(2)9-11/h4,7-9,12H,1,5-6,10H2,2-3H3,(H2,18,27)(H,21,22)/t12-/m1/s1.